The molecule has 3 nitrogen and oxygen atoms in total. The normalized spacial score (nSPS) is 23.7. The molecule has 1 unspecified atom stereocenters. The Balaban J connectivity index is 2.25. The van der Waals surface area contributed by atoms with Crippen molar-refractivity contribution in [1.82, 2.24) is 15.2 Å². The van der Waals surface area contributed by atoms with E-state index in [2.05, 4.69) is 44.2 Å². The average Bonchev–Trinajstić information content (AvgIpc) is 2.20. The van der Waals surface area contributed by atoms with Crippen molar-refractivity contribution in [3.63, 3.8) is 0 Å². The number of likely N-dealkylation sites (N-methyl/N-ethyl adjacent to an activating group) is 1. The molecule has 1 aromatic heterocycles. The van der Waals surface area contributed by atoms with E-state index in [-0.39, 0.29) is 0 Å². The summed E-state index contributed by atoms with van der Waals surface area (Å²) in [7, 11) is 2.16. The molecule has 0 amide bonds. The summed E-state index contributed by atoms with van der Waals surface area (Å²) in [5.74, 6) is 0. The van der Waals surface area contributed by atoms with E-state index >= 15 is 0 Å². The van der Waals surface area contributed by atoms with Gasteiger partial charge in [0.25, 0.3) is 0 Å². The Hall–Kier alpha value is -0.450. The standard InChI is InChI=1S/C10H14BrN3/c1-14-6-5-12-7-9(14)8-3-2-4-13-10(8)11/h2-4,9,12H,5-7H2,1H3. The highest BCUT2D eigenvalue weighted by Gasteiger charge is 2.22. The molecule has 0 bridgehead atoms. The van der Waals surface area contributed by atoms with Gasteiger partial charge in [-0.3, -0.25) is 4.90 Å². The minimum absolute atomic E-state index is 0.437. The number of nitrogens with one attached hydrogen (secondary N) is 1. The van der Waals surface area contributed by atoms with Crippen molar-refractivity contribution in [1.29, 1.82) is 0 Å². The maximum atomic E-state index is 4.25. The monoisotopic (exact) mass is 255 g/mol. The number of halogens is 1. The maximum Gasteiger partial charge on any atom is 0.110 e. The summed E-state index contributed by atoms with van der Waals surface area (Å²) in [5, 5.41) is 3.40. The largest absolute Gasteiger partial charge is 0.314 e. The Kier molecular flexibility index (Phi) is 3.15. The van der Waals surface area contributed by atoms with Gasteiger partial charge in [0.15, 0.2) is 0 Å². The minimum atomic E-state index is 0.437. The molecule has 1 aromatic rings. The predicted molar refractivity (Wildman–Crippen MR) is 60.2 cm³/mol. The van der Waals surface area contributed by atoms with Crippen molar-refractivity contribution in [2.45, 2.75) is 6.04 Å². The highest BCUT2D eigenvalue weighted by atomic mass is 79.9. The van der Waals surface area contributed by atoms with Crippen molar-refractivity contribution >= 4 is 15.9 Å². The number of aromatic nitrogens is 1. The minimum Gasteiger partial charge on any atom is -0.314 e. The van der Waals surface area contributed by atoms with Gasteiger partial charge in [-0.05, 0) is 29.0 Å². The molecule has 76 valence electrons. The lowest BCUT2D eigenvalue weighted by atomic mass is 10.1. The zero-order valence-corrected chi connectivity index (χ0v) is 9.79. The third kappa shape index (κ3) is 1.97. The number of rotatable bonds is 1. The van der Waals surface area contributed by atoms with Crippen molar-refractivity contribution < 1.29 is 0 Å². The SMILES string of the molecule is CN1CCNCC1c1cccnc1Br. The van der Waals surface area contributed by atoms with Gasteiger partial charge in [0.1, 0.15) is 4.60 Å². The number of hydrogen-bond acceptors (Lipinski definition) is 3. The van der Waals surface area contributed by atoms with Gasteiger partial charge in [0.05, 0.1) is 0 Å². The third-order valence-electron chi connectivity index (χ3n) is 2.66. The van der Waals surface area contributed by atoms with Crippen LogP contribution >= 0.6 is 15.9 Å². The van der Waals surface area contributed by atoms with Gasteiger partial charge in [-0.15, -0.1) is 0 Å². The zero-order chi connectivity index (χ0) is 9.97. The number of nitrogens with zero attached hydrogens (tertiary/aromatic N) is 2. The van der Waals surface area contributed by atoms with E-state index in [0.717, 1.165) is 24.2 Å². The van der Waals surface area contributed by atoms with Gasteiger partial charge in [0, 0.05) is 37.4 Å². The molecule has 2 heterocycles. The van der Waals surface area contributed by atoms with Gasteiger partial charge in [-0.1, -0.05) is 6.07 Å². The average molecular weight is 256 g/mol. The van der Waals surface area contributed by atoms with Crippen LogP contribution in [0.4, 0.5) is 0 Å². The van der Waals surface area contributed by atoms with E-state index in [9.17, 15) is 0 Å². The highest BCUT2D eigenvalue weighted by Crippen LogP contribution is 2.25. The second kappa shape index (κ2) is 4.38. The second-order valence-corrected chi connectivity index (χ2v) is 4.34. The summed E-state index contributed by atoms with van der Waals surface area (Å²) in [6, 6.07) is 4.56. The van der Waals surface area contributed by atoms with Crippen molar-refractivity contribution in [3.8, 4) is 0 Å². The fourth-order valence-corrected chi connectivity index (χ4v) is 2.31. The third-order valence-corrected chi connectivity index (χ3v) is 3.32. The smallest absolute Gasteiger partial charge is 0.110 e. The summed E-state index contributed by atoms with van der Waals surface area (Å²) >= 11 is 3.49. The topological polar surface area (TPSA) is 28.2 Å². The Morgan fingerprint density at radius 3 is 3.21 bits per heavy atom. The van der Waals surface area contributed by atoms with E-state index in [1.165, 1.54) is 5.56 Å². The van der Waals surface area contributed by atoms with E-state index in [1.807, 2.05) is 12.3 Å². The van der Waals surface area contributed by atoms with Crippen molar-refractivity contribution in [2.75, 3.05) is 26.7 Å². The molecule has 1 saturated heterocycles. The van der Waals surface area contributed by atoms with Crippen molar-refractivity contribution in [3.05, 3.63) is 28.5 Å². The summed E-state index contributed by atoms with van der Waals surface area (Å²) in [6.07, 6.45) is 1.81. The van der Waals surface area contributed by atoms with E-state index < -0.39 is 0 Å². The predicted octanol–water partition coefficient (Wildman–Crippen LogP) is 1.42. The van der Waals surface area contributed by atoms with E-state index in [0.29, 0.717) is 6.04 Å². The van der Waals surface area contributed by atoms with Gasteiger partial charge in [0.2, 0.25) is 0 Å². The second-order valence-electron chi connectivity index (χ2n) is 3.58. The first kappa shape index (κ1) is 10.1. The molecule has 1 aliphatic rings. The van der Waals surface area contributed by atoms with Crippen LogP contribution in [0.25, 0.3) is 0 Å². The van der Waals surface area contributed by atoms with Gasteiger partial charge >= 0.3 is 0 Å². The zero-order valence-electron chi connectivity index (χ0n) is 8.20. The van der Waals surface area contributed by atoms with E-state index in [1.54, 1.807) is 0 Å². The Labute approximate surface area is 92.6 Å². The number of hydrogen-bond donors (Lipinski definition) is 1. The van der Waals surface area contributed by atoms with Crippen LogP contribution in [0.2, 0.25) is 0 Å². The van der Waals surface area contributed by atoms with Crippen LogP contribution in [-0.2, 0) is 0 Å². The van der Waals surface area contributed by atoms with Crippen LogP contribution in [0.1, 0.15) is 11.6 Å². The molecule has 1 fully saturated rings. The molecular weight excluding hydrogens is 242 g/mol. The number of piperazine rings is 1. The quantitative estimate of drug-likeness (QED) is 0.770. The van der Waals surface area contributed by atoms with Crippen LogP contribution in [0.15, 0.2) is 22.9 Å². The van der Waals surface area contributed by atoms with Gasteiger partial charge in [-0.25, -0.2) is 4.98 Å². The molecule has 1 N–H and O–H groups in total. The molecule has 1 aliphatic heterocycles. The molecule has 1 atom stereocenters. The van der Waals surface area contributed by atoms with Crippen LogP contribution in [0.3, 0.4) is 0 Å². The molecule has 0 spiro atoms. The fraction of sp³-hybridized carbons (Fsp3) is 0.500. The maximum absolute atomic E-state index is 4.25. The molecule has 0 aromatic carbocycles. The Bertz CT molecular complexity index is 316. The van der Waals surface area contributed by atoms with Gasteiger partial charge < -0.3 is 5.32 Å². The Morgan fingerprint density at radius 1 is 1.64 bits per heavy atom. The molecule has 0 radical (unpaired) electrons. The van der Waals surface area contributed by atoms with Crippen LogP contribution in [0, 0.1) is 0 Å². The van der Waals surface area contributed by atoms with Crippen LogP contribution in [-0.4, -0.2) is 36.6 Å². The lowest BCUT2D eigenvalue weighted by Crippen LogP contribution is -2.43. The lowest BCUT2D eigenvalue weighted by Gasteiger charge is -2.33. The molecule has 4 heteroatoms. The summed E-state index contributed by atoms with van der Waals surface area (Å²) in [5.41, 5.74) is 1.27. The molecular formula is C10H14BrN3. The summed E-state index contributed by atoms with van der Waals surface area (Å²) < 4.78 is 0.959. The van der Waals surface area contributed by atoms with Crippen LogP contribution < -0.4 is 5.32 Å². The van der Waals surface area contributed by atoms with Crippen LogP contribution in [0.5, 0.6) is 0 Å². The van der Waals surface area contributed by atoms with Crippen molar-refractivity contribution in [2.24, 2.45) is 0 Å². The molecule has 14 heavy (non-hydrogen) atoms. The number of pyridine rings is 1. The molecule has 0 saturated carbocycles. The lowest BCUT2D eigenvalue weighted by molar-refractivity contribution is 0.201. The first-order chi connectivity index (χ1) is 6.79. The summed E-state index contributed by atoms with van der Waals surface area (Å²) in [6.45, 7) is 3.16. The first-order valence-corrected chi connectivity index (χ1v) is 5.59. The molecule has 2 rings (SSSR count). The fourth-order valence-electron chi connectivity index (χ4n) is 1.80. The highest BCUT2D eigenvalue weighted by molar-refractivity contribution is 9.10. The summed E-state index contributed by atoms with van der Waals surface area (Å²) in [4.78, 5) is 6.61. The molecule has 0 aliphatic carbocycles. The first-order valence-electron chi connectivity index (χ1n) is 4.80. The van der Waals surface area contributed by atoms with Gasteiger partial charge in [-0.2, -0.15) is 0 Å². The van der Waals surface area contributed by atoms with E-state index in [4.69, 9.17) is 0 Å². The Morgan fingerprint density at radius 2 is 2.50 bits per heavy atom.